The molecule has 17 nitrogen and oxygen atoms in total. The SMILES string of the molecule is NC(=O)CCC(NC(=O)C(N)CO)C(=O)NC(CCCN=C(N)N)C(=O)NC(CCC(=O)O)C(=O)O. The Bertz CT molecular complexity index is 832. The fourth-order valence-corrected chi connectivity index (χ4v) is 2.76. The Labute approximate surface area is 206 Å². The number of aliphatic hydroxyl groups is 1. The molecule has 204 valence electrons. The van der Waals surface area contributed by atoms with Crippen molar-refractivity contribution in [3.8, 4) is 0 Å². The van der Waals surface area contributed by atoms with Gasteiger partial charge in [0.15, 0.2) is 5.96 Å². The monoisotopic (exact) mass is 518 g/mol. The fraction of sp³-hybridized carbons (Fsp3) is 0.632. The summed E-state index contributed by atoms with van der Waals surface area (Å²) < 4.78 is 0. The molecule has 0 aliphatic carbocycles. The van der Waals surface area contributed by atoms with Crippen molar-refractivity contribution < 1.29 is 44.1 Å². The lowest BCUT2D eigenvalue weighted by atomic mass is 10.1. The molecule has 0 bridgehead atoms. The summed E-state index contributed by atoms with van der Waals surface area (Å²) in [5, 5.41) is 33.9. The predicted molar refractivity (Wildman–Crippen MR) is 124 cm³/mol. The van der Waals surface area contributed by atoms with Gasteiger partial charge in [-0.1, -0.05) is 0 Å². The second-order valence-electron chi connectivity index (χ2n) is 7.70. The minimum absolute atomic E-state index is 0.0660. The molecule has 0 heterocycles. The maximum atomic E-state index is 12.9. The van der Waals surface area contributed by atoms with Crippen LogP contribution in [0.3, 0.4) is 0 Å². The summed E-state index contributed by atoms with van der Waals surface area (Å²) in [6.07, 6.45) is -1.44. The maximum absolute atomic E-state index is 12.9. The molecule has 0 aromatic carbocycles. The number of nitrogens with zero attached hydrogens (tertiary/aromatic N) is 1. The van der Waals surface area contributed by atoms with Crippen LogP contribution in [0.5, 0.6) is 0 Å². The number of hydrogen-bond acceptors (Lipinski definition) is 9. The van der Waals surface area contributed by atoms with Gasteiger partial charge < -0.3 is 54.2 Å². The Hall–Kier alpha value is -3.99. The summed E-state index contributed by atoms with van der Waals surface area (Å²) in [5.41, 5.74) is 21.0. The van der Waals surface area contributed by atoms with E-state index in [2.05, 4.69) is 20.9 Å². The molecular formula is C19H34N8O9. The van der Waals surface area contributed by atoms with E-state index in [1.54, 1.807) is 0 Å². The summed E-state index contributed by atoms with van der Waals surface area (Å²) in [4.78, 5) is 74.9. The lowest BCUT2D eigenvalue weighted by molar-refractivity contribution is -0.143. The van der Waals surface area contributed by atoms with E-state index in [1.165, 1.54) is 0 Å². The van der Waals surface area contributed by atoms with Crippen LogP contribution in [-0.4, -0.2) is 94.2 Å². The minimum Gasteiger partial charge on any atom is -0.481 e. The van der Waals surface area contributed by atoms with Crippen LogP contribution in [0.2, 0.25) is 0 Å². The van der Waals surface area contributed by atoms with Crippen LogP contribution in [0.25, 0.3) is 0 Å². The molecule has 0 aliphatic heterocycles. The van der Waals surface area contributed by atoms with Crippen molar-refractivity contribution in [2.45, 2.75) is 62.7 Å². The number of carbonyl (C=O) groups excluding carboxylic acids is 4. The molecule has 0 aromatic heterocycles. The first kappa shape index (κ1) is 32.0. The van der Waals surface area contributed by atoms with E-state index in [-0.39, 0.29) is 38.2 Å². The number of hydrogen-bond donors (Lipinski definition) is 10. The number of carbonyl (C=O) groups is 6. The minimum atomic E-state index is -1.56. The highest BCUT2D eigenvalue weighted by Gasteiger charge is 2.30. The van der Waals surface area contributed by atoms with E-state index in [0.29, 0.717) is 0 Å². The van der Waals surface area contributed by atoms with Gasteiger partial charge in [0, 0.05) is 19.4 Å². The van der Waals surface area contributed by atoms with Gasteiger partial charge in [0.05, 0.1) is 6.61 Å². The van der Waals surface area contributed by atoms with Gasteiger partial charge in [-0.15, -0.1) is 0 Å². The van der Waals surface area contributed by atoms with Crippen LogP contribution in [0.15, 0.2) is 4.99 Å². The van der Waals surface area contributed by atoms with E-state index in [9.17, 15) is 33.9 Å². The molecule has 0 fully saturated rings. The molecule has 17 heteroatoms. The first-order valence-electron chi connectivity index (χ1n) is 10.8. The molecule has 4 unspecified atom stereocenters. The Kier molecular flexibility index (Phi) is 14.8. The van der Waals surface area contributed by atoms with Crippen molar-refractivity contribution in [2.75, 3.05) is 13.2 Å². The maximum Gasteiger partial charge on any atom is 0.326 e. The highest BCUT2D eigenvalue weighted by Crippen LogP contribution is 2.06. The van der Waals surface area contributed by atoms with Gasteiger partial charge in [-0.25, -0.2) is 4.79 Å². The highest BCUT2D eigenvalue weighted by atomic mass is 16.4. The molecule has 0 rings (SSSR count). The average Bonchev–Trinajstić information content (AvgIpc) is 2.79. The highest BCUT2D eigenvalue weighted by molar-refractivity contribution is 5.94. The molecule has 0 aliphatic rings. The number of aliphatic hydroxyl groups excluding tert-OH is 1. The van der Waals surface area contributed by atoms with Gasteiger partial charge in [-0.05, 0) is 25.7 Å². The molecule has 36 heavy (non-hydrogen) atoms. The normalized spacial score (nSPS) is 13.8. The Balaban J connectivity index is 5.66. The third kappa shape index (κ3) is 13.7. The topological polar surface area (TPSA) is 316 Å². The molecule has 0 radical (unpaired) electrons. The molecule has 4 atom stereocenters. The van der Waals surface area contributed by atoms with Crippen molar-refractivity contribution >= 4 is 41.5 Å². The van der Waals surface area contributed by atoms with Crippen LogP contribution >= 0.6 is 0 Å². The van der Waals surface area contributed by atoms with Gasteiger partial charge >= 0.3 is 11.9 Å². The molecular weight excluding hydrogens is 484 g/mol. The molecule has 0 saturated carbocycles. The number of amides is 4. The van der Waals surface area contributed by atoms with E-state index in [1.807, 2.05) is 0 Å². The second kappa shape index (κ2) is 16.6. The molecule has 0 saturated heterocycles. The summed E-state index contributed by atoms with van der Waals surface area (Å²) >= 11 is 0. The number of aliphatic carboxylic acids is 2. The third-order valence-electron chi connectivity index (χ3n) is 4.69. The van der Waals surface area contributed by atoms with Gasteiger partial charge in [-0.2, -0.15) is 0 Å². The lowest BCUT2D eigenvalue weighted by Gasteiger charge is -2.25. The van der Waals surface area contributed by atoms with E-state index in [0.717, 1.165) is 0 Å². The van der Waals surface area contributed by atoms with Crippen LogP contribution < -0.4 is 38.9 Å². The first-order valence-corrected chi connectivity index (χ1v) is 10.8. The standard InChI is InChI=1S/C19H34N8O9/c20-9(8-28)15(32)25-11(3-5-13(21)29)17(34)26-10(2-1-7-24-19(22)23)16(33)27-12(18(35)36)4-6-14(30)31/h9-12,28H,1-8,20H2,(H2,21,29)(H,25,32)(H,26,34)(H,27,33)(H,30,31)(H,35,36)(H4,22,23,24). The number of nitrogens with two attached hydrogens (primary N) is 4. The summed E-state index contributed by atoms with van der Waals surface area (Å²) in [6, 6.07) is -5.65. The van der Waals surface area contributed by atoms with Gasteiger partial charge in [-0.3, -0.25) is 29.0 Å². The zero-order valence-electron chi connectivity index (χ0n) is 19.5. The molecule has 0 aromatic rings. The Morgan fingerprint density at radius 2 is 1.25 bits per heavy atom. The number of carboxylic acid groups (broad SMARTS) is 2. The summed E-state index contributed by atoms with van der Waals surface area (Å²) in [7, 11) is 0. The smallest absolute Gasteiger partial charge is 0.326 e. The predicted octanol–water partition coefficient (Wildman–Crippen LogP) is -4.97. The second-order valence-corrected chi connectivity index (χ2v) is 7.70. The molecule has 0 spiro atoms. The summed E-state index contributed by atoms with van der Waals surface area (Å²) in [6.45, 7) is -0.657. The number of rotatable bonds is 18. The fourth-order valence-electron chi connectivity index (χ4n) is 2.76. The molecule has 14 N–H and O–H groups in total. The van der Waals surface area contributed by atoms with Crippen LogP contribution in [0.1, 0.15) is 38.5 Å². The van der Waals surface area contributed by atoms with Crippen molar-refractivity contribution in [1.29, 1.82) is 0 Å². The lowest BCUT2D eigenvalue weighted by Crippen LogP contribution is -2.57. The Morgan fingerprint density at radius 3 is 1.72 bits per heavy atom. The first-order chi connectivity index (χ1) is 16.8. The number of carboxylic acids is 2. The Morgan fingerprint density at radius 1 is 0.750 bits per heavy atom. The molecule has 4 amide bonds. The van der Waals surface area contributed by atoms with E-state index in [4.69, 9.17) is 33.1 Å². The number of nitrogens with one attached hydrogen (secondary N) is 3. The van der Waals surface area contributed by atoms with Crippen LogP contribution in [-0.2, 0) is 28.8 Å². The quantitative estimate of drug-likeness (QED) is 0.0463. The number of guanidine groups is 1. The van der Waals surface area contributed by atoms with E-state index < -0.39 is 79.2 Å². The number of primary amides is 1. The largest absolute Gasteiger partial charge is 0.481 e. The van der Waals surface area contributed by atoms with Crippen molar-refractivity contribution in [1.82, 2.24) is 16.0 Å². The zero-order chi connectivity index (χ0) is 27.8. The van der Waals surface area contributed by atoms with E-state index >= 15 is 0 Å². The van der Waals surface area contributed by atoms with Crippen molar-refractivity contribution in [3.05, 3.63) is 0 Å². The van der Waals surface area contributed by atoms with Gasteiger partial charge in [0.1, 0.15) is 24.2 Å². The van der Waals surface area contributed by atoms with Crippen molar-refractivity contribution in [3.63, 3.8) is 0 Å². The third-order valence-corrected chi connectivity index (χ3v) is 4.69. The van der Waals surface area contributed by atoms with Crippen molar-refractivity contribution in [2.24, 2.45) is 27.9 Å². The zero-order valence-corrected chi connectivity index (χ0v) is 19.5. The van der Waals surface area contributed by atoms with Gasteiger partial charge in [0.2, 0.25) is 23.6 Å². The number of aliphatic imine (C=N–C) groups is 1. The summed E-state index contributed by atoms with van der Waals surface area (Å²) in [5.74, 6) is -6.52. The average molecular weight is 519 g/mol. The van der Waals surface area contributed by atoms with Crippen LogP contribution in [0.4, 0.5) is 0 Å². The van der Waals surface area contributed by atoms with Crippen LogP contribution in [0, 0.1) is 0 Å². The van der Waals surface area contributed by atoms with Gasteiger partial charge in [0.25, 0.3) is 0 Å².